The number of nitrogens with zero attached hydrogens (tertiary/aromatic N) is 1. The fraction of sp³-hybridized carbons (Fsp3) is 0. The third-order valence-electron chi connectivity index (χ3n) is 1.87. The molecule has 14 heavy (non-hydrogen) atoms. The van der Waals surface area contributed by atoms with Crippen LogP contribution in [0.5, 0.6) is 0 Å². The maximum Gasteiger partial charge on any atom is 0.258 e. The van der Waals surface area contributed by atoms with Crippen LogP contribution in [0.1, 0.15) is 0 Å². The van der Waals surface area contributed by atoms with E-state index in [0.29, 0.717) is 23.0 Å². The van der Waals surface area contributed by atoms with E-state index in [1.807, 2.05) is 0 Å². The Kier molecular flexibility index (Phi) is 1.98. The molecule has 0 bridgehead atoms. The highest BCUT2D eigenvalue weighted by molar-refractivity contribution is 5.84. The molecule has 1 aromatic heterocycles. The highest BCUT2D eigenvalue weighted by Crippen LogP contribution is 2.12. The predicted molar refractivity (Wildman–Crippen MR) is 52.1 cm³/mol. The van der Waals surface area contributed by atoms with E-state index < -0.39 is 0 Å². The molecule has 1 aromatic carbocycles. The molecule has 0 saturated carbocycles. The molecule has 2 N–H and O–H groups in total. The second-order valence-corrected chi connectivity index (χ2v) is 2.73. The van der Waals surface area contributed by atoms with Gasteiger partial charge in [-0.3, -0.25) is 9.59 Å². The summed E-state index contributed by atoms with van der Waals surface area (Å²) in [6, 6.07) is 4.94. The topological polar surface area (TPSA) is 74.8 Å². The Morgan fingerprint density at radius 1 is 1.43 bits per heavy atom. The number of nitrogens with one attached hydrogen (secondary N) is 2. The van der Waals surface area contributed by atoms with Crippen LogP contribution in [0.15, 0.2) is 29.3 Å². The second kappa shape index (κ2) is 3.29. The van der Waals surface area contributed by atoms with E-state index in [1.54, 1.807) is 18.2 Å². The molecule has 0 aliphatic rings. The van der Waals surface area contributed by atoms with Gasteiger partial charge in [0, 0.05) is 5.69 Å². The van der Waals surface area contributed by atoms with Crippen LogP contribution in [0.4, 0.5) is 5.69 Å². The van der Waals surface area contributed by atoms with E-state index in [2.05, 4.69) is 15.3 Å². The van der Waals surface area contributed by atoms with Gasteiger partial charge >= 0.3 is 0 Å². The van der Waals surface area contributed by atoms with Crippen LogP contribution in [0.2, 0.25) is 0 Å². The van der Waals surface area contributed by atoms with E-state index in [4.69, 9.17) is 0 Å². The van der Waals surface area contributed by atoms with Gasteiger partial charge in [-0.1, -0.05) is 0 Å². The van der Waals surface area contributed by atoms with Crippen molar-refractivity contribution in [1.82, 2.24) is 9.97 Å². The van der Waals surface area contributed by atoms with Crippen molar-refractivity contribution in [3.8, 4) is 0 Å². The number of fused-ring (bicyclic) bond motifs is 1. The number of carbonyl (C=O) groups excluding carboxylic acids is 1. The maximum absolute atomic E-state index is 11.3. The first-order chi connectivity index (χ1) is 6.81. The van der Waals surface area contributed by atoms with Crippen molar-refractivity contribution in [3.05, 3.63) is 34.9 Å². The molecule has 0 atom stereocenters. The molecule has 0 unspecified atom stereocenters. The molecule has 1 heterocycles. The maximum atomic E-state index is 11.3. The summed E-state index contributed by atoms with van der Waals surface area (Å²) in [6.07, 6.45) is 1.91. The number of anilines is 1. The number of aromatic nitrogens is 2. The van der Waals surface area contributed by atoms with Gasteiger partial charge in [0.1, 0.15) is 0 Å². The van der Waals surface area contributed by atoms with Crippen molar-refractivity contribution in [3.63, 3.8) is 0 Å². The van der Waals surface area contributed by atoms with E-state index >= 15 is 0 Å². The molecular formula is C9H7N3O2. The molecule has 5 nitrogen and oxygen atoms in total. The van der Waals surface area contributed by atoms with Gasteiger partial charge in [0.15, 0.2) is 0 Å². The summed E-state index contributed by atoms with van der Waals surface area (Å²) >= 11 is 0. The minimum Gasteiger partial charge on any atom is -0.329 e. The molecule has 0 aliphatic heterocycles. The molecule has 0 spiro atoms. The average molecular weight is 189 g/mol. The van der Waals surface area contributed by atoms with E-state index in [9.17, 15) is 9.59 Å². The van der Waals surface area contributed by atoms with Crippen molar-refractivity contribution in [1.29, 1.82) is 0 Å². The first-order valence-corrected chi connectivity index (χ1v) is 3.99. The fourth-order valence-corrected chi connectivity index (χ4v) is 1.23. The number of amides is 1. The highest BCUT2D eigenvalue weighted by atomic mass is 16.1. The summed E-state index contributed by atoms with van der Waals surface area (Å²) in [7, 11) is 0. The second-order valence-electron chi connectivity index (χ2n) is 2.73. The first-order valence-electron chi connectivity index (χ1n) is 3.99. The number of aromatic amines is 1. The molecule has 0 saturated heterocycles. The lowest BCUT2D eigenvalue weighted by molar-refractivity contribution is -0.105. The third kappa shape index (κ3) is 1.35. The summed E-state index contributed by atoms with van der Waals surface area (Å²) in [6.45, 7) is 0. The molecule has 5 heteroatoms. The summed E-state index contributed by atoms with van der Waals surface area (Å²) < 4.78 is 0. The Bertz CT molecular complexity index is 533. The van der Waals surface area contributed by atoms with Gasteiger partial charge in [0.2, 0.25) is 6.41 Å². The number of hydrogen-bond acceptors (Lipinski definition) is 3. The van der Waals surface area contributed by atoms with Crippen LogP contribution in [-0.4, -0.2) is 16.4 Å². The van der Waals surface area contributed by atoms with Crippen LogP contribution >= 0.6 is 0 Å². The standard InChI is InChI=1S/C9H7N3O2/c13-5-12-6-1-2-8-7(3-6)9(14)11-4-10-8/h1-5H,(H,12,13)(H,10,11,14). The Balaban J connectivity index is 2.69. The lowest BCUT2D eigenvalue weighted by atomic mass is 10.2. The summed E-state index contributed by atoms with van der Waals surface area (Å²) in [4.78, 5) is 27.9. The number of carbonyl (C=O) groups is 1. The van der Waals surface area contributed by atoms with Crippen molar-refractivity contribution in [2.75, 3.05) is 5.32 Å². The number of rotatable bonds is 2. The van der Waals surface area contributed by atoms with Crippen LogP contribution in [0.25, 0.3) is 10.9 Å². The Hall–Kier alpha value is -2.17. The number of hydrogen-bond donors (Lipinski definition) is 2. The number of benzene rings is 1. The smallest absolute Gasteiger partial charge is 0.258 e. The molecule has 0 radical (unpaired) electrons. The molecular weight excluding hydrogens is 182 g/mol. The van der Waals surface area contributed by atoms with Crippen molar-refractivity contribution >= 4 is 23.0 Å². The molecule has 2 rings (SSSR count). The lowest BCUT2D eigenvalue weighted by Gasteiger charge is -1.99. The lowest BCUT2D eigenvalue weighted by Crippen LogP contribution is -2.06. The largest absolute Gasteiger partial charge is 0.329 e. The zero-order valence-corrected chi connectivity index (χ0v) is 7.15. The Morgan fingerprint density at radius 3 is 3.07 bits per heavy atom. The highest BCUT2D eigenvalue weighted by Gasteiger charge is 1.99. The van der Waals surface area contributed by atoms with E-state index in [-0.39, 0.29) is 5.56 Å². The van der Waals surface area contributed by atoms with Gasteiger partial charge in [0.25, 0.3) is 5.56 Å². The molecule has 1 amide bonds. The molecule has 2 aromatic rings. The minimum atomic E-state index is -0.218. The monoisotopic (exact) mass is 189 g/mol. The van der Waals surface area contributed by atoms with Crippen molar-refractivity contribution in [2.45, 2.75) is 0 Å². The summed E-state index contributed by atoms with van der Waals surface area (Å²) in [5, 5.41) is 2.92. The van der Waals surface area contributed by atoms with E-state index in [0.717, 1.165) is 0 Å². The predicted octanol–water partition coefficient (Wildman–Crippen LogP) is 0.491. The van der Waals surface area contributed by atoms with Crippen molar-refractivity contribution in [2.24, 2.45) is 0 Å². The molecule has 0 aliphatic carbocycles. The zero-order chi connectivity index (χ0) is 9.97. The van der Waals surface area contributed by atoms with Gasteiger partial charge in [-0.25, -0.2) is 4.98 Å². The normalized spacial score (nSPS) is 10.0. The minimum absolute atomic E-state index is 0.218. The van der Waals surface area contributed by atoms with Crippen molar-refractivity contribution < 1.29 is 4.79 Å². The third-order valence-corrected chi connectivity index (χ3v) is 1.87. The average Bonchev–Trinajstić information content (AvgIpc) is 2.20. The van der Waals surface area contributed by atoms with Gasteiger partial charge < -0.3 is 10.3 Å². The Labute approximate surface area is 78.8 Å². The fourth-order valence-electron chi connectivity index (χ4n) is 1.23. The van der Waals surface area contributed by atoms with Crippen LogP contribution in [0.3, 0.4) is 0 Å². The summed E-state index contributed by atoms with van der Waals surface area (Å²) in [5.41, 5.74) is 0.959. The van der Waals surface area contributed by atoms with Crippen LogP contribution in [-0.2, 0) is 4.79 Å². The molecule has 0 fully saturated rings. The van der Waals surface area contributed by atoms with Gasteiger partial charge in [-0.15, -0.1) is 0 Å². The van der Waals surface area contributed by atoms with Gasteiger partial charge in [0.05, 0.1) is 17.2 Å². The van der Waals surface area contributed by atoms with Gasteiger partial charge in [-0.05, 0) is 18.2 Å². The zero-order valence-electron chi connectivity index (χ0n) is 7.15. The first kappa shape index (κ1) is 8.43. The van der Waals surface area contributed by atoms with Crippen LogP contribution in [0, 0.1) is 0 Å². The Morgan fingerprint density at radius 2 is 2.29 bits per heavy atom. The number of H-pyrrole nitrogens is 1. The summed E-state index contributed by atoms with van der Waals surface area (Å²) in [5.74, 6) is 0. The quantitative estimate of drug-likeness (QED) is 0.675. The molecule has 70 valence electrons. The van der Waals surface area contributed by atoms with Gasteiger partial charge in [-0.2, -0.15) is 0 Å². The van der Waals surface area contributed by atoms with E-state index in [1.165, 1.54) is 6.33 Å². The van der Waals surface area contributed by atoms with Crippen LogP contribution < -0.4 is 10.9 Å². The SMILES string of the molecule is O=CNc1ccc2nc[nH]c(=O)c2c1.